The van der Waals surface area contributed by atoms with Crippen LogP contribution in [0.15, 0.2) is 62.9 Å². The first-order valence-electron chi connectivity index (χ1n) is 7.20. The predicted octanol–water partition coefficient (Wildman–Crippen LogP) is 4.98. The molecule has 0 bridgehead atoms. The molecule has 0 radical (unpaired) electrons. The summed E-state index contributed by atoms with van der Waals surface area (Å²) in [7, 11) is 1.64. The summed E-state index contributed by atoms with van der Waals surface area (Å²) >= 11 is 5.22. The molecular weight excluding hydrogens is 501 g/mol. The monoisotopic (exact) mass is 521 g/mol. The van der Waals surface area contributed by atoms with Crippen molar-refractivity contribution in [2.75, 3.05) is 19.0 Å². The van der Waals surface area contributed by atoms with Gasteiger partial charge in [0.2, 0.25) is 0 Å². The van der Waals surface area contributed by atoms with Gasteiger partial charge in [0, 0.05) is 20.3 Å². The lowest BCUT2D eigenvalue weighted by Gasteiger charge is -2.10. The molecule has 24 heavy (non-hydrogen) atoms. The van der Waals surface area contributed by atoms with Crippen LogP contribution >= 0.6 is 51.7 Å². The Hall–Kier alpha value is -0.930. The second kappa shape index (κ2) is 10.8. The molecule has 0 heterocycles. The maximum Gasteiger partial charge on any atom is 0.193 e. The van der Waals surface area contributed by atoms with Crippen molar-refractivity contribution in [3.63, 3.8) is 0 Å². The molecule has 0 fully saturated rings. The molecule has 7 heteroatoms. The third-order valence-electron chi connectivity index (χ3n) is 3.03. The number of methoxy groups -OCH3 is 1. The van der Waals surface area contributed by atoms with Gasteiger partial charge in [-0.05, 0) is 48.5 Å². The maximum absolute atomic E-state index is 5.93. The number of hydrogen-bond acceptors (Lipinski definition) is 3. The number of ether oxygens (including phenoxy) is 1. The van der Waals surface area contributed by atoms with Crippen LogP contribution in [0.3, 0.4) is 0 Å². The van der Waals surface area contributed by atoms with Crippen molar-refractivity contribution in [3.05, 3.63) is 53.0 Å². The van der Waals surface area contributed by atoms with E-state index >= 15 is 0 Å². The van der Waals surface area contributed by atoms with Crippen LogP contribution in [0.1, 0.15) is 6.92 Å². The molecule has 130 valence electrons. The molecule has 2 aromatic carbocycles. The highest BCUT2D eigenvalue weighted by Crippen LogP contribution is 2.25. The molecule has 0 amide bonds. The zero-order chi connectivity index (χ0) is 16.7. The summed E-state index contributed by atoms with van der Waals surface area (Å²) in [6.45, 7) is 2.78. The quantitative estimate of drug-likeness (QED) is 0.243. The van der Waals surface area contributed by atoms with E-state index in [2.05, 4.69) is 45.3 Å². The third kappa shape index (κ3) is 7.31. The summed E-state index contributed by atoms with van der Waals surface area (Å²) in [6, 6.07) is 15.8. The van der Waals surface area contributed by atoms with Gasteiger partial charge in [0.25, 0.3) is 0 Å². The number of aliphatic imine (C=N–C) groups is 1. The first kappa shape index (κ1) is 21.1. The van der Waals surface area contributed by atoms with E-state index in [0.717, 1.165) is 15.9 Å². The molecule has 0 aliphatic rings. The van der Waals surface area contributed by atoms with Crippen LogP contribution in [0, 0.1) is 0 Å². The third-order valence-corrected chi connectivity index (χ3v) is 4.66. The summed E-state index contributed by atoms with van der Waals surface area (Å²) in [5, 5.41) is 3.42. The molecule has 3 N–H and O–H groups in total. The number of thioether (sulfide) groups is 1. The number of rotatable bonds is 6. The Morgan fingerprint density at radius 3 is 2.42 bits per heavy atom. The molecular formula is C17H21BrIN3OS. The number of nitrogens with one attached hydrogen (secondary N) is 1. The lowest BCUT2D eigenvalue weighted by Crippen LogP contribution is -2.23. The molecule has 0 saturated heterocycles. The zero-order valence-electron chi connectivity index (χ0n) is 13.5. The lowest BCUT2D eigenvalue weighted by molar-refractivity contribution is 0.415. The van der Waals surface area contributed by atoms with Crippen LogP contribution in [-0.4, -0.2) is 24.9 Å². The number of nitrogens with zero attached hydrogens (tertiary/aromatic N) is 1. The van der Waals surface area contributed by atoms with E-state index in [0.29, 0.717) is 17.8 Å². The van der Waals surface area contributed by atoms with E-state index in [9.17, 15) is 0 Å². The number of halogens is 2. The van der Waals surface area contributed by atoms with Gasteiger partial charge in [0.05, 0.1) is 13.7 Å². The molecule has 0 saturated carbocycles. The largest absolute Gasteiger partial charge is 0.497 e. The molecule has 2 aromatic rings. The molecule has 0 aliphatic heterocycles. The van der Waals surface area contributed by atoms with Gasteiger partial charge in [0.15, 0.2) is 5.96 Å². The Bertz CT molecular complexity index is 650. The Kier molecular flexibility index (Phi) is 9.53. The molecule has 0 spiro atoms. The van der Waals surface area contributed by atoms with Crippen molar-refractivity contribution in [1.29, 1.82) is 0 Å². The van der Waals surface area contributed by atoms with E-state index in [-0.39, 0.29) is 24.0 Å². The van der Waals surface area contributed by atoms with Crippen molar-refractivity contribution in [3.8, 4) is 5.75 Å². The average molecular weight is 522 g/mol. The van der Waals surface area contributed by atoms with E-state index in [1.807, 2.05) is 36.4 Å². The lowest BCUT2D eigenvalue weighted by atomic mass is 10.3. The van der Waals surface area contributed by atoms with E-state index in [4.69, 9.17) is 10.5 Å². The smallest absolute Gasteiger partial charge is 0.193 e. The Labute approximate surface area is 172 Å². The summed E-state index contributed by atoms with van der Waals surface area (Å²) in [6.07, 6.45) is 0. The van der Waals surface area contributed by atoms with Crippen LogP contribution in [0.4, 0.5) is 5.69 Å². The van der Waals surface area contributed by atoms with Crippen molar-refractivity contribution in [1.82, 2.24) is 0 Å². The van der Waals surface area contributed by atoms with E-state index in [1.54, 1.807) is 18.9 Å². The van der Waals surface area contributed by atoms with Crippen molar-refractivity contribution in [2.45, 2.75) is 17.1 Å². The first-order chi connectivity index (χ1) is 11.1. The highest BCUT2D eigenvalue weighted by molar-refractivity contribution is 14.0. The second-order valence-electron chi connectivity index (χ2n) is 4.96. The van der Waals surface area contributed by atoms with Crippen molar-refractivity contribution < 1.29 is 4.74 Å². The summed E-state index contributed by atoms with van der Waals surface area (Å²) in [5.41, 5.74) is 6.82. The normalized spacial score (nSPS) is 12.2. The van der Waals surface area contributed by atoms with Crippen LogP contribution < -0.4 is 15.8 Å². The Morgan fingerprint density at radius 1 is 1.21 bits per heavy atom. The number of benzene rings is 2. The number of hydrogen-bond donors (Lipinski definition) is 2. The highest BCUT2D eigenvalue weighted by atomic mass is 127. The van der Waals surface area contributed by atoms with E-state index in [1.165, 1.54) is 4.90 Å². The molecule has 0 aromatic heterocycles. The molecule has 1 atom stereocenters. The number of anilines is 1. The van der Waals surface area contributed by atoms with Gasteiger partial charge in [-0.1, -0.05) is 22.9 Å². The van der Waals surface area contributed by atoms with Gasteiger partial charge in [-0.2, -0.15) is 0 Å². The SMILES string of the molecule is COc1ccc(NC(N)=NCC(C)Sc2ccc(Br)cc2)cc1.I. The first-order valence-corrected chi connectivity index (χ1v) is 8.87. The van der Waals surface area contributed by atoms with Gasteiger partial charge >= 0.3 is 0 Å². The fourth-order valence-electron chi connectivity index (χ4n) is 1.87. The van der Waals surface area contributed by atoms with Crippen LogP contribution in [0.25, 0.3) is 0 Å². The van der Waals surface area contributed by atoms with Gasteiger partial charge in [-0.25, -0.2) is 0 Å². The minimum absolute atomic E-state index is 0. The average Bonchev–Trinajstić information content (AvgIpc) is 2.56. The summed E-state index contributed by atoms with van der Waals surface area (Å²) < 4.78 is 6.21. The number of guanidine groups is 1. The minimum Gasteiger partial charge on any atom is -0.497 e. The van der Waals surface area contributed by atoms with Gasteiger partial charge < -0.3 is 15.8 Å². The van der Waals surface area contributed by atoms with Gasteiger partial charge in [0.1, 0.15) is 5.75 Å². The van der Waals surface area contributed by atoms with Gasteiger partial charge in [-0.15, -0.1) is 35.7 Å². The number of nitrogens with two attached hydrogens (primary N) is 1. The van der Waals surface area contributed by atoms with Crippen molar-refractivity contribution in [2.24, 2.45) is 10.7 Å². The molecule has 0 aliphatic carbocycles. The fourth-order valence-corrected chi connectivity index (χ4v) is 3.04. The van der Waals surface area contributed by atoms with Crippen LogP contribution in [0.2, 0.25) is 0 Å². The minimum atomic E-state index is 0. The summed E-state index contributed by atoms with van der Waals surface area (Å²) in [4.78, 5) is 5.62. The standard InChI is InChI=1S/C17H20BrN3OS.HI/c1-12(23-16-9-3-13(18)4-10-16)11-20-17(19)21-14-5-7-15(22-2)8-6-14;/h3-10,12H,11H2,1-2H3,(H3,19,20,21);1H. The topological polar surface area (TPSA) is 59.6 Å². The predicted molar refractivity (Wildman–Crippen MR) is 118 cm³/mol. The van der Waals surface area contributed by atoms with Gasteiger partial charge in [-0.3, -0.25) is 4.99 Å². The Morgan fingerprint density at radius 2 is 1.83 bits per heavy atom. The van der Waals surface area contributed by atoms with Crippen LogP contribution in [-0.2, 0) is 0 Å². The highest BCUT2D eigenvalue weighted by Gasteiger charge is 2.04. The van der Waals surface area contributed by atoms with Crippen molar-refractivity contribution >= 4 is 63.3 Å². The second-order valence-corrected chi connectivity index (χ2v) is 7.39. The molecule has 2 rings (SSSR count). The maximum atomic E-state index is 5.93. The summed E-state index contributed by atoms with van der Waals surface area (Å²) in [5.74, 6) is 1.23. The fraction of sp³-hybridized carbons (Fsp3) is 0.235. The van der Waals surface area contributed by atoms with E-state index < -0.39 is 0 Å². The molecule has 1 unspecified atom stereocenters. The zero-order valence-corrected chi connectivity index (χ0v) is 18.3. The molecule has 4 nitrogen and oxygen atoms in total. The van der Waals surface area contributed by atoms with Crippen LogP contribution in [0.5, 0.6) is 5.75 Å². The Balaban J connectivity index is 0.00000288.